The Morgan fingerprint density at radius 3 is 2.69 bits per heavy atom. The van der Waals surface area contributed by atoms with Crippen molar-refractivity contribution in [2.75, 3.05) is 17.3 Å². The van der Waals surface area contributed by atoms with Gasteiger partial charge in [0.1, 0.15) is 17.6 Å². The number of rotatable bonds is 6. The summed E-state index contributed by atoms with van der Waals surface area (Å²) < 4.78 is 7.46. The number of nitrogens with zero attached hydrogens (tertiary/aromatic N) is 4. The molecule has 2 N–H and O–H groups in total. The number of ether oxygens (including phenoxy) is 1. The Morgan fingerprint density at radius 2 is 2.00 bits per heavy atom. The Labute approximate surface area is 218 Å². The molecule has 5 rings (SSSR count). The molecule has 0 spiro atoms. The van der Waals surface area contributed by atoms with Crippen LogP contribution in [0.3, 0.4) is 0 Å². The van der Waals surface area contributed by atoms with Crippen LogP contribution in [0.1, 0.15) is 30.4 Å². The highest BCUT2D eigenvalue weighted by Gasteiger charge is 2.42. The van der Waals surface area contributed by atoms with Gasteiger partial charge in [-0.25, -0.2) is 4.98 Å². The van der Waals surface area contributed by atoms with Gasteiger partial charge in [-0.2, -0.15) is 0 Å². The number of thiocarbonyl (C=S) groups is 1. The third-order valence-corrected chi connectivity index (χ3v) is 6.45. The zero-order chi connectivity index (χ0) is 25.2. The minimum atomic E-state index is -0.279. The Morgan fingerprint density at radius 1 is 1.14 bits per heavy atom. The van der Waals surface area contributed by atoms with Gasteiger partial charge in [-0.05, 0) is 66.8 Å². The van der Waals surface area contributed by atoms with Crippen LogP contribution in [-0.2, 0) is 4.79 Å². The van der Waals surface area contributed by atoms with E-state index in [0.717, 1.165) is 22.9 Å². The molecule has 10 heteroatoms. The van der Waals surface area contributed by atoms with Crippen molar-refractivity contribution < 1.29 is 9.53 Å². The molecule has 182 valence electrons. The van der Waals surface area contributed by atoms with Crippen LogP contribution in [0.5, 0.6) is 5.75 Å². The number of hydrogen-bond acceptors (Lipinski definition) is 5. The molecular weight excluding hydrogens is 496 g/mol. The van der Waals surface area contributed by atoms with Crippen molar-refractivity contribution in [3.8, 4) is 11.6 Å². The summed E-state index contributed by atoms with van der Waals surface area (Å²) >= 11 is 11.9. The van der Waals surface area contributed by atoms with E-state index in [4.69, 9.17) is 28.6 Å². The number of hydrogen-bond donors (Lipinski definition) is 2. The zero-order valence-electron chi connectivity index (χ0n) is 19.6. The van der Waals surface area contributed by atoms with Crippen molar-refractivity contribution in [1.82, 2.24) is 19.9 Å². The molecule has 4 aromatic rings. The fourth-order valence-electron chi connectivity index (χ4n) is 4.42. The first-order valence-electron chi connectivity index (χ1n) is 11.2. The Bertz CT molecular complexity index is 1410. The molecule has 1 aliphatic rings. The number of amides is 1. The van der Waals surface area contributed by atoms with E-state index in [1.54, 1.807) is 19.5 Å². The lowest BCUT2D eigenvalue weighted by Gasteiger charge is -2.29. The molecule has 2 atom stereocenters. The first-order chi connectivity index (χ1) is 17.5. The molecule has 36 heavy (non-hydrogen) atoms. The lowest BCUT2D eigenvalue weighted by Crippen LogP contribution is -2.30. The lowest BCUT2D eigenvalue weighted by molar-refractivity contribution is -0.114. The summed E-state index contributed by atoms with van der Waals surface area (Å²) in [6.45, 7) is 1.46. The standard InChI is InChI=1S/C26H23ClN6O2S/c1-16(34)30-20-14-18(9-10-22(20)35-2)33-25(24(31-26(33)36)19-6-3-4-12-28-19)21-7-5-13-32(21)23-11-8-17(27)15-29-23/h3-15,24-25H,1-2H3,(H,30,34)(H,31,36)/t24-,25-/m1/s1. The van der Waals surface area contributed by atoms with Crippen LogP contribution in [0.2, 0.25) is 5.02 Å². The largest absolute Gasteiger partial charge is 0.495 e. The fraction of sp³-hybridized carbons (Fsp3) is 0.154. The monoisotopic (exact) mass is 518 g/mol. The number of nitrogens with one attached hydrogen (secondary N) is 2. The number of methoxy groups -OCH3 is 1. The predicted octanol–water partition coefficient (Wildman–Crippen LogP) is 5.06. The Balaban J connectivity index is 1.66. The summed E-state index contributed by atoms with van der Waals surface area (Å²) in [5.41, 5.74) is 3.14. The van der Waals surface area contributed by atoms with Crippen LogP contribution >= 0.6 is 23.8 Å². The van der Waals surface area contributed by atoms with E-state index in [9.17, 15) is 4.79 Å². The van der Waals surface area contributed by atoms with Gasteiger partial charge in [0.2, 0.25) is 5.91 Å². The van der Waals surface area contributed by atoms with Gasteiger partial charge in [-0.3, -0.25) is 9.78 Å². The summed E-state index contributed by atoms with van der Waals surface area (Å²) in [7, 11) is 1.56. The van der Waals surface area contributed by atoms with Crippen LogP contribution in [0.4, 0.5) is 11.4 Å². The second-order valence-electron chi connectivity index (χ2n) is 8.20. The molecule has 0 unspecified atom stereocenters. The highest BCUT2D eigenvalue weighted by molar-refractivity contribution is 7.80. The molecule has 8 nitrogen and oxygen atoms in total. The van der Waals surface area contributed by atoms with Crippen LogP contribution in [-0.4, -0.2) is 32.7 Å². The van der Waals surface area contributed by atoms with Gasteiger partial charge in [-0.15, -0.1) is 0 Å². The maximum Gasteiger partial charge on any atom is 0.221 e. The summed E-state index contributed by atoms with van der Waals surface area (Å²) in [5.74, 6) is 1.09. The van der Waals surface area contributed by atoms with Crippen LogP contribution in [0.25, 0.3) is 5.82 Å². The van der Waals surface area contributed by atoms with Gasteiger partial charge in [0.25, 0.3) is 0 Å². The van der Waals surface area contributed by atoms with E-state index in [0.29, 0.717) is 21.6 Å². The number of aromatic nitrogens is 3. The number of benzene rings is 1. The molecule has 1 aliphatic heterocycles. The highest BCUT2D eigenvalue weighted by Crippen LogP contribution is 2.43. The average Bonchev–Trinajstić information content (AvgIpc) is 3.49. The molecule has 1 fully saturated rings. The summed E-state index contributed by atoms with van der Waals surface area (Å²) in [6.07, 6.45) is 5.34. The van der Waals surface area contributed by atoms with Crippen LogP contribution < -0.4 is 20.3 Å². The summed E-state index contributed by atoms with van der Waals surface area (Å²) in [6, 6.07) is 18.6. The van der Waals surface area contributed by atoms with Crippen molar-refractivity contribution in [3.63, 3.8) is 0 Å². The van der Waals surface area contributed by atoms with Gasteiger partial charge in [0.05, 0.1) is 29.6 Å². The van der Waals surface area contributed by atoms with Crippen LogP contribution in [0.15, 0.2) is 79.3 Å². The fourth-order valence-corrected chi connectivity index (χ4v) is 4.88. The summed E-state index contributed by atoms with van der Waals surface area (Å²) in [4.78, 5) is 23.0. The molecule has 4 heterocycles. The van der Waals surface area contributed by atoms with Gasteiger partial charge in [-0.1, -0.05) is 17.7 Å². The first kappa shape index (κ1) is 23.8. The molecule has 1 amide bonds. The normalized spacial score (nSPS) is 17.1. The minimum absolute atomic E-state index is 0.196. The van der Waals surface area contributed by atoms with E-state index in [1.165, 1.54) is 6.92 Å². The van der Waals surface area contributed by atoms with Gasteiger partial charge < -0.3 is 24.8 Å². The third-order valence-electron chi connectivity index (χ3n) is 5.91. The molecule has 1 aromatic carbocycles. The SMILES string of the molecule is COc1ccc(N2C(=S)N[C@H](c3ccccn3)[C@H]2c2cccn2-c2ccc(Cl)cn2)cc1NC(C)=O. The van der Waals surface area contributed by atoms with Crippen molar-refractivity contribution in [2.45, 2.75) is 19.0 Å². The zero-order valence-corrected chi connectivity index (χ0v) is 21.1. The number of pyridine rings is 2. The Hall–Kier alpha value is -3.95. The molecule has 1 saturated heterocycles. The van der Waals surface area contributed by atoms with Crippen molar-refractivity contribution in [3.05, 3.63) is 95.7 Å². The van der Waals surface area contributed by atoms with E-state index < -0.39 is 0 Å². The molecule has 0 aliphatic carbocycles. The average molecular weight is 519 g/mol. The van der Waals surface area contributed by atoms with Crippen molar-refractivity contribution in [2.24, 2.45) is 0 Å². The first-order valence-corrected chi connectivity index (χ1v) is 12.0. The number of halogens is 1. The molecule has 0 radical (unpaired) electrons. The number of carbonyl (C=O) groups excluding carboxylic acids is 1. The molecule has 0 bridgehead atoms. The van der Waals surface area contributed by atoms with Crippen LogP contribution in [0, 0.1) is 0 Å². The highest BCUT2D eigenvalue weighted by atomic mass is 35.5. The second-order valence-corrected chi connectivity index (χ2v) is 9.02. The van der Waals surface area contributed by atoms with E-state index >= 15 is 0 Å². The maximum atomic E-state index is 11.8. The molecular formula is C26H23ClN6O2S. The van der Waals surface area contributed by atoms with Gasteiger partial charge in [0, 0.05) is 36.9 Å². The topological polar surface area (TPSA) is 84.3 Å². The van der Waals surface area contributed by atoms with E-state index in [-0.39, 0.29) is 18.0 Å². The van der Waals surface area contributed by atoms with Gasteiger partial charge in [0.15, 0.2) is 5.11 Å². The van der Waals surface area contributed by atoms with Crippen molar-refractivity contribution >= 4 is 46.2 Å². The number of anilines is 2. The predicted molar refractivity (Wildman–Crippen MR) is 144 cm³/mol. The quantitative estimate of drug-likeness (QED) is 0.345. The van der Waals surface area contributed by atoms with E-state index in [2.05, 4.69) is 20.6 Å². The third kappa shape index (κ3) is 4.50. The van der Waals surface area contributed by atoms with Gasteiger partial charge >= 0.3 is 0 Å². The second kappa shape index (κ2) is 9.96. The lowest BCUT2D eigenvalue weighted by atomic mass is 10.0. The summed E-state index contributed by atoms with van der Waals surface area (Å²) in [5, 5.41) is 7.40. The van der Waals surface area contributed by atoms with Crippen molar-refractivity contribution in [1.29, 1.82) is 0 Å². The minimum Gasteiger partial charge on any atom is -0.495 e. The Kier molecular flexibility index (Phi) is 6.58. The van der Waals surface area contributed by atoms with E-state index in [1.807, 2.05) is 76.3 Å². The molecule has 3 aromatic heterocycles. The molecule has 0 saturated carbocycles. The number of carbonyl (C=O) groups is 1. The smallest absolute Gasteiger partial charge is 0.221 e. The maximum absolute atomic E-state index is 11.8.